The van der Waals surface area contributed by atoms with Crippen LogP contribution in [0.2, 0.25) is 5.02 Å². The van der Waals surface area contributed by atoms with Crippen molar-refractivity contribution in [3.63, 3.8) is 0 Å². The van der Waals surface area contributed by atoms with Crippen LogP contribution in [0.4, 0.5) is 5.69 Å². The van der Waals surface area contributed by atoms with Gasteiger partial charge in [0.15, 0.2) is 0 Å². The van der Waals surface area contributed by atoms with Gasteiger partial charge in [0, 0.05) is 37.5 Å². The van der Waals surface area contributed by atoms with Crippen molar-refractivity contribution in [2.75, 3.05) is 19.4 Å². The quantitative estimate of drug-likeness (QED) is 0.941. The summed E-state index contributed by atoms with van der Waals surface area (Å²) in [5.41, 5.74) is 2.26. The van der Waals surface area contributed by atoms with Crippen molar-refractivity contribution >= 4 is 23.2 Å². The van der Waals surface area contributed by atoms with Gasteiger partial charge in [-0.2, -0.15) is 0 Å². The van der Waals surface area contributed by atoms with E-state index in [4.69, 9.17) is 11.6 Å². The minimum absolute atomic E-state index is 0.123. The highest BCUT2D eigenvalue weighted by Crippen LogP contribution is 2.14. The van der Waals surface area contributed by atoms with E-state index < -0.39 is 0 Å². The Labute approximate surface area is 123 Å². The molecule has 0 bridgehead atoms. The van der Waals surface area contributed by atoms with Gasteiger partial charge in [-0.1, -0.05) is 23.7 Å². The number of anilines is 1. The molecule has 0 aliphatic rings. The molecule has 0 unspecified atom stereocenters. The summed E-state index contributed by atoms with van der Waals surface area (Å²) in [5.74, 6) is -0.123. The van der Waals surface area contributed by atoms with E-state index in [0.29, 0.717) is 17.3 Å². The van der Waals surface area contributed by atoms with E-state index in [0.717, 1.165) is 11.3 Å². The van der Waals surface area contributed by atoms with Gasteiger partial charge in [-0.15, -0.1) is 0 Å². The van der Waals surface area contributed by atoms with Crippen LogP contribution in [0.1, 0.15) is 16.1 Å². The maximum Gasteiger partial charge on any atom is 0.272 e. The number of halogens is 1. The van der Waals surface area contributed by atoms with E-state index in [1.807, 2.05) is 30.3 Å². The van der Waals surface area contributed by atoms with Crippen LogP contribution in [-0.2, 0) is 6.54 Å². The SMILES string of the molecule is CNc1ccnc(C(=O)N(C)Cc2cccc(Cl)c2)c1. The number of aromatic nitrogens is 1. The Bertz CT molecular complexity index is 616. The van der Waals surface area contributed by atoms with Gasteiger partial charge < -0.3 is 10.2 Å². The number of amides is 1. The summed E-state index contributed by atoms with van der Waals surface area (Å²) in [6.07, 6.45) is 1.62. The van der Waals surface area contributed by atoms with E-state index >= 15 is 0 Å². The second-order valence-corrected chi connectivity index (χ2v) is 4.91. The molecular weight excluding hydrogens is 274 g/mol. The molecule has 0 saturated carbocycles. The molecule has 0 aliphatic carbocycles. The summed E-state index contributed by atoms with van der Waals surface area (Å²) < 4.78 is 0. The van der Waals surface area contributed by atoms with Gasteiger partial charge >= 0.3 is 0 Å². The van der Waals surface area contributed by atoms with Crippen LogP contribution in [0.25, 0.3) is 0 Å². The van der Waals surface area contributed by atoms with Crippen molar-refractivity contribution in [3.05, 3.63) is 58.9 Å². The van der Waals surface area contributed by atoms with Crippen LogP contribution in [0.15, 0.2) is 42.6 Å². The van der Waals surface area contributed by atoms with E-state index in [1.54, 1.807) is 31.3 Å². The molecule has 1 amide bonds. The van der Waals surface area contributed by atoms with Crippen LogP contribution in [0, 0.1) is 0 Å². The largest absolute Gasteiger partial charge is 0.388 e. The number of carbonyl (C=O) groups is 1. The highest BCUT2D eigenvalue weighted by molar-refractivity contribution is 6.30. The van der Waals surface area contributed by atoms with Gasteiger partial charge in [0.05, 0.1) is 0 Å². The molecule has 0 saturated heterocycles. The molecule has 0 aliphatic heterocycles. The minimum Gasteiger partial charge on any atom is -0.388 e. The van der Waals surface area contributed by atoms with Gasteiger partial charge in [0.1, 0.15) is 5.69 Å². The molecule has 4 nitrogen and oxygen atoms in total. The summed E-state index contributed by atoms with van der Waals surface area (Å²) in [6.45, 7) is 0.491. The molecule has 2 rings (SSSR count). The summed E-state index contributed by atoms with van der Waals surface area (Å²) in [5, 5.41) is 3.66. The molecule has 0 spiro atoms. The van der Waals surface area contributed by atoms with E-state index in [9.17, 15) is 4.79 Å². The lowest BCUT2D eigenvalue weighted by Crippen LogP contribution is -2.27. The second kappa shape index (κ2) is 6.39. The molecule has 0 atom stereocenters. The molecule has 2 aromatic rings. The van der Waals surface area contributed by atoms with Crippen molar-refractivity contribution in [1.82, 2.24) is 9.88 Å². The lowest BCUT2D eigenvalue weighted by Gasteiger charge is -2.17. The number of carbonyl (C=O) groups excluding carboxylic acids is 1. The molecule has 1 heterocycles. The third-order valence-corrected chi connectivity index (χ3v) is 3.16. The standard InChI is InChI=1S/C15H16ClN3O/c1-17-13-6-7-18-14(9-13)15(20)19(2)10-11-4-3-5-12(16)8-11/h3-9H,10H2,1-2H3,(H,17,18). The summed E-state index contributed by atoms with van der Waals surface area (Å²) in [4.78, 5) is 18.0. The van der Waals surface area contributed by atoms with Gasteiger partial charge in [-0.25, -0.2) is 0 Å². The zero-order chi connectivity index (χ0) is 14.5. The Morgan fingerprint density at radius 1 is 1.35 bits per heavy atom. The highest BCUT2D eigenvalue weighted by Gasteiger charge is 2.13. The fourth-order valence-electron chi connectivity index (χ4n) is 1.88. The first-order valence-electron chi connectivity index (χ1n) is 6.24. The normalized spacial score (nSPS) is 10.2. The molecule has 1 N–H and O–H groups in total. The predicted octanol–water partition coefficient (Wildman–Crippen LogP) is 3.05. The predicted molar refractivity (Wildman–Crippen MR) is 81.0 cm³/mol. The van der Waals surface area contributed by atoms with Crippen molar-refractivity contribution in [2.45, 2.75) is 6.54 Å². The Hall–Kier alpha value is -2.07. The zero-order valence-electron chi connectivity index (χ0n) is 11.4. The first kappa shape index (κ1) is 14.3. The Morgan fingerprint density at radius 2 is 2.15 bits per heavy atom. The molecule has 20 heavy (non-hydrogen) atoms. The van der Waals surface area contributed by atoms with Crippen molar-refractivity contribution < 1.29 is 4.79 Å². The molecule has 5 heteroatoms. The zero-order valence-corrected chi connectivity index (χ0v) is 12.2. The maximum atomic E-state index is 12.3. The number of rotatable bonds is 4. The van der Waals surface area contributed by atoms with E-state index in [1.165, 1.54) is 0 Å². The van der Waals surface area contributed by atoms with Crippen molar-refractivity contribution in [2.24, 2.45) is 0 Å². The molecule has 1 aromatic heterocycles. The number of hydrogen-bond acceptors (Lipinski definition) is 3. The number of nitrogens with zero attached hydrogens (tertiary/aromatic N) is 2. The van der Waals surface area contributed by atoms with Crippen LogP contribution in [0.5, 0.6) is 0 Å². The Balaban J connectivity index is 2.12. The Morgan fingerprint density at radius 3 is 2.85 bits per heavy atom. The van der Waals surface area contributed by atoms with Gasteiger partial charge in [-0.3, -0.25) is 9.78 Å². The molecule has 104 valence electrons. The average molecular weight is 290 g/mol. The summed E-state index contributed by atoms with van der Waals surface area (Å²) >= 11 is 5.94. The lowest BCUT2D eigenvalue weighted by atomic mass is 10.2. The van der Waals surface area contributed by atoms with Gasteiger partial charge in [-0.05, 0) is 29.8 Å². The number of nitrogens with one attached hydrogen (secondary N) is 1. The summed E-state index contributed by atoms with van der Waals surface area (Å²) in [6, 6.07) is 11.0. The molecular formula is C15H16ClN3O. The lowest BCUT2D eigenvalue weighted by molar-refractivity contribution is 0.0779. The fourth-order valence-corrected chi connectivity index (χ4v) is 2.09. The van der Waals surface area contributed by atoms with Gasteiger partial charge in [0.25, 0.3) is 5.91 Å². The maximum absolute atomic E-state index is 12.3. The minimum atomic E-state index is -0.123. The van der Waals surface area contributed by atoms with Crippen molar-refractivity contribution in [3.8, 4) is 0 Å². The fraction of sp³-hybridized carbons (Fsp3) is 0.200. The van der Waals surface area contributed by atoms with Gasteiger partial charge in [0.2, 0.25) is 0 Å². The van der Waals surface area contributed by atoms with E-state index in [-0.39, 0.29) is 5.91 Å². The Kier molecular flexibility index (Phi) is 4.58. The van der Waals surface area contributed by atoms with Crippen LogP contribution in [-0.4, -0.2) is 29.9 Å². The smallest absolute Gasteiger partial charge is 0.272 e. The average Bonchev–Trinajstić information content (AvgIpc) is 2.46. The topological polar surface area (TPSA) is 45.2 Å². The third-order valence-electron chi connectivity index (χ3n) is 2.92. The molecule has 0 radical (unpaired) electrons. The van der Waals surface area contributed by atoms with Crippen LogP contribution in [0.3, 0.4) is 0 Å². The summed E-state index contributed by atoms with van der Waals surface area (Å²) in [7, 11) is 3.55. The highest BCUT2D eigenvalue weighted by atomic mass is 35.5. The number of pyridine rings is 1. The first-order chi connectivity index (χ1) is 9.60. The number of hydrogen-bond donors (Lipinski definition) is 1. The molecule has 1 aromatic carbocycles. The second-order valence-electron chi connectivity index (χ2n) is 4.47. The van der Waals surface area contributed by atoms with Crippen LogP contribution < -0.4 is 5.32 Å². The van der Waals surface area contributed by atoms with Crippen molar-refractivity contribution in [1.29, 1.82) is 0 Å². The number of benzene rings is 1. The third kappa shape index (κ3) is 3.48. The molecule has 0 fully saturated rings. The van der Waals surface area contributed by atoms with E-state index in [2.05, 4.69) is 10.3 Å². The monoisotopic (exact) mass is 289 g/mol. The van der Waals surface area contributed by atoms with Crippen LogP contribution >= 0.6 is 11.6 Å². The first-order valence-corrected chi connectivity index (χ1v) is 6.61.